The number of benzene rings is 3. The molecular weight excluding hydrogens is 1790 g/mol. The molecule has 0 N–H and O–H groups in total. The Labute approximate surface area is 815 Å². The summed E-state index contributed by atoms with van der Waals surface area (Å²) < 4.78 is 85.7. The third kappa shape index (κ3) is 22.5. The van der Waals surface area contributed by atoms with Gasteiger partial charge in [-0.2, -0.15) is 8.75 Å². The molecule has 9 aromatic heterocycles. The first-order valence-electron chi connectivity index (χ1n) is 50.9. The van der Waals surface area contributed by atoms with E-state index in [1.54, 1.807) is 22.7 Å². The van der Waals surface area contributed by atoms with Gasteiger partial charge in [0.05, 0.1) is 87.3 Å². The molecule has 0 amide bonds. The second-order valence-corrected chi connectivity index (χ2v) is 44.5. The monoisotopic (exact) mass is 1920 g/mol. The van der Waals surface area contributed by atoms with Crippen LogP contribution in [-0.2, 0) is 38.8 Å². The first kappa shape index (κ1) is 101. The van der Waals surface area contributed by atoms with Crippen LogP contribution in [0.4, 0.5) is 17.6 Å². The SMILES string of the molecule is [C-]#[N+]C(C#N)=C1/C(=C/c2sc(-c3sc4c(sc5c6c7nsnc7c7c8sc9c(CCCCCCCCCCC)c(-c%10cc(CCCCCCCCCCC)c(/C=C%11\C(=O)c%12cc(F)c(F)cc%12\C%11=C(\C#N)[N+]#[C-])s%10)sc9c8n(CC(CC)CCCC)c7c6n(CC(CC)CCCC)c45)c3CCCCCCCCCCC)cc2CCCCCCCCCCC)C(=O)c2cc(F)c(F)cc21. The minimum absolute atomic E-state index is 0.0472. The van der Waals surface area contributed by atoms with Crippen molar-refractivity contribution in [2.75, 3.05) is 0 Å². The molecule has 21 heteroatoms. The van der Waals surface area contributed by atoms with E-state index in [0.717, 1.165) is 220 Å². The molecule has 9 heterocycles. The second-order valence-electron chi connectivity index (χ2n) is 37.8. The maximum atomic E-state index is 15.4. The number of aromatic nitrogens is 4. The van der Waals surface area contributed by atoms with E-state index in [1.807, 2.05) is 69.6 Å². The van der Waals surface area contributed by atoms with Crippen molar-refractivity contribution in [1.82, 2.24) is 17.9 Å². The minimum atomic E-state index is -1.16. The van der Waals surface area contributed by atoms with E-state index in [1.165, 1.54) is 261 Å². The Morgan fingerprint density at radius 1 is 0.383 bits per heavy atom. The number of carbonyl (C=O) groups is 2. The Balaban J connectivity index is 1.00. The van der Waals surface area contributed by atoms with Crippen LogP contribution in [-0.4, -0.2) is 29.4 Å². The average molecular weight is 1920 g/mol. The van der Waals surface area contributed by atoms with E-state index < -0.39 is 34.8 Å². The number of nitriles is 2. The molecule has 10 nitrogen and oxygen atoms in total. The van der Waals surface area contributed by atoms with Gasteiger partial charge in [0, 0.05) is 86.5 Å². The fraction of sp³-hybridized carbons (Fsp3) is 0.536. The van der Waals surface area contributed by atoms with Gasteiger partial charge in [-0.05, 0) is 158 Å². The molecule has 3 aromatic carbocycles. The number of allylic oxidation sites excluding steroid dienone is 6. The van der Waals surface area contributed by atoms with E-state index in [4.69, 9.17) is 21.9 Å². The van der Waals surface area contributed by atoms with Crippen LogP contribution in [0.2, 0.25) is 0 Å². The van der Waals surface area contributed by atoms with Gasteiger partial charge in [-0.25, -0.2) is 37.8 Å². The topological polar surface area (TPSA) is 126 Å². The van der Waals surface area contributed by atoms with E-state index in [2.05, 4.69) is 86.3 Å². The van der Waals surface area contributed by atoms with Crippen LogP contribution in [0, 0.1) is 70.9 Å². The Bertz CT molecular complexity index is 6030. The van der Waals surface area contributed by atoms with Gasteiger partial charge in [-0.3, -0.25) is 9.59 Å². The number of ketones is 2. The fourth-order valence-electron chi connectivity index (χ4n) is 20.7. The van der Waals surface area contributed by atoms with Crippen LogP contribution in [0.3, 0.4) is 0 Å². The van der Waals surface area contributed by atoms with Gasteiger partial charge in [0.1, 0.15) is 11.0 Å². The van der Waals surface area contributed by atoms with Crippen LogP contribution in [0.1, 0.15) is 402 Å². The van der Waals surface area contributed by atoms with Crippen molar-refractivity contribution in [2.45, 2.75) is 377 Å². The fourth-order valence-corrected chi connectivity index (χ4v) is 29.9. The molecule has 0 aliphatic heterocycles. The summed E-state index contributed by atoms with van der Waals surface area (Å²) in [6, 6.07) is 12.6. The third-order valence-corrected chi connectivity index (χ3v) is 36.7. The predicted octanol–water partition coefficient (Wildman–Crippen LogP) is 38.1. The molecule has 0 fully saturated rings. The van der Waals surface area contributed by atoms with Gasteiger partial charge in [-0.15, -0.1) is 68.0 Å². The average Bonchev–Trinajstić information content (AvgIpc) is 1.50. The van der Waals surface area contributed by atoms with Crippen molar-refractivity contribution in [3.8, 4) is 31.6 Å². The van der Waals surface area contributed by atoms with Crippen molar-refractivity contribution in [1.29, 1.82) is 10.5 Å². The molecule has 12 aromatic rings. The Hall–Kier alpha value is -8.22. The largest absolute Gasteiger partial charge is 0.337 e. The molecule has 2 aliphatic carbocycles. The predicted molar refractivity (Wildman–Crippen MR) is 563 cm³/mol. The molecule has 14 rings (SSSR count). The smallest absolute Gasteiger partial charge is 0.270 e. The Morgan fingerprint density at radius 2 is 0.692 bits per heavy atom. The molecule has 133 heavy (non-hydrogen) atoms. The van der Waals surface area contributed by atoms with Gasteiger partial charge in [0.15, 0.2) is 34.8 Å². The van der Waals surface area contributed by atoms with E-state index in [9.17, 15) is 20.1 Å². The van der Waals surface area contributed by atoms with Crippen LogP contribution in [0.15, 0.2) is 58.9 Å². The zero-order valence-corrected chi connectivity index (χ0v) is 85.6. The quantitative estimate of drug-likeness (QED) is 0.0123. The van der Waals surface area contributed by atoms with E-state index in [-0.39, 0.29) is 55.9 Å². The Morgan fingerprint density at radius 3 is 1.00 bits per heavy atom. The number of thiophene rings is 6. The molecule has 2 aliphatic rings. The molecule has 0 saturated heterocycles. The minimum Gasteiger partial charge on any atom is -0.337 e. The summed E-state index contributed by atoms with van der Waals surface area (Å²) in [6.45, 7) is 36.4. The number of carbonyl (C=O) groups excluding carboxylic acids is 2. The van der Waals surface area contributed by atoms with Crippen LogP contribution in [0.5, 0.6) is 0 Å². The number of halogens is 4. The first-order valence-corrected chi connectivity index (χ1v) is 56.6. The van der Waals surface area contributed by atoms with Crippen molar-refractivity contribution in [2.24, 2.45) is 11.8 Å². The number of fused-ring (bicyclic) bond motifs is 16. The molecule has 0 radical (unpaired) electrons. The second kappa shape index (κ2) is 49.2. The highest BCUT2D eigenvalue weighted by Crippen LogP contribution is 2.59. The van der Waals surface area contributed by atoms with Gasteiger partial charge in [0.2, 0.25) is 0 Å². The highest BCUT2D eigenvalue weighted by Gasteiger charge is 2.39. The number of hydrogen-bond donors (Lipinski definition) is 0. The number of hydrogen-bond acceptors (Lipinski definition) is 13. The van der Waals surface area contributed by atoms with Crippen LogP contribution in [0.25, 0.3) is 125 Å². The summed E-state index contributed by atoms with van der Waals surface area (Å²) in [5.74, 6) is -4.97. The third-order valence-electron chi connectivity index (χ3n) is 28.3. The first-order chi connectivity index (χ1) is 65.1. The normalized spacial score (nSPS) is 14.8. The lowest BCUT2D eigenvalue weighted by molar-refractivity contribution is 0.103. The van der Waals surface area contributed by atoms with Crippen LogP contribution < -0.4 is 0 Å². The standard InChI is InChI=1S/C112H134F4N8O2S7/c1-11-19-25-29-33-37-41-45-49-55-73-59-91(127-89(73)65-81-93(87(67-117)119-9)77-61-83(113)85(115)63-79(77)103(81)125)105-75(57-51-47-43-39-35-31-27-21-13-3)107-111(129-105)101-109(131-107)95-97-98(122-133-121-97)96-100(99(95)123(101)69-71(17-7)53-23-15-5)124(70-72(18-8)54-24-16-6)102-110(96)132-108-76(58-52-48-44-40-36-32-28-22-14-4)106(130-112(102)108)92-60-74(56-50-46-42-38-34-30-26-20-12-2)90(128-92)66-82-94(88(68-118)120-10)78-62-84(114)86(116)64-80(78)104(82)126/h59-66,71-72H,11-58,69-70H2,1-8H3/b81-65-,82-66-,93-87+,94-88?. The van der Waals surface area contributed by atoms with Crippen molar-refractivity contribution >= 4 is 187 Å². The van der Waals surface area contributed by atoms with Crippen molar-refractivity contribution in [3.05, 3.63) is 159 Å². The molecule has 0 bridgehead atoms. The van der Waals surface area contributed by atoms with Crippen LogP contribution >= 0.6 is 79.7 Å². The zero-order chi connectivity index (χ0) is 93.6. The van der Waals surface area contributed by atoms with E-state index >= 15 is 17.6 Å². The van der Waals surface area contributed by atoms with Gasteiger partial charge in [0.25, 0.3) is 11.4 Å². The molecule has 0 spiro atoms. The zero-order valence-electron chi connectivity index (χ0n) is 79.9. The molecular formula is C112H134F4N8O2S7. The number of nitrogens with zero attached hydrogens (tertiary/aromatic N) is 8. The molecule has 2 atom stereocenters. The van der Waals surface area contributed by atoms with Gasteiger partial charge in [-0.1, -0.05) is 299 Å². The van der Waals surface area contributed by atoms with Crippen molar-refractivity contribution in [3.63, 3.8) is 0 Å². The van der Waals surface area contributed by atoms with E-state index in [0.29, 0.717) is 11.8 Å². The summed E-state index contributed by atoms with van der Waals surface area (Å²) in [5, 5.41) is 23.5. The summed E-state index contributed by atoms with van der Waals surface area (Å²) in [5.41, 5.74) is 11.3. The highest BCUT2D eigenvalue weighted by atomic mass is 32.1. The number of rotatable bonds is 56. The maximum Gasteiger partial charge on any atom is 0.270 e. The van der Waals surface area contributed by atoms with Gasteiger partial charge >= 0.3 is 0 Å². The summed E-state index contributed by atoms with van der Waals surface area (Å²) in [6.07, 6.45) is 57.9. The highest BCUT2D eigenvalue weighted by molar-refractivity contribution is 7.37. The summed E-state index contributed by atoms with van der Waals surface area (Å²) in [4.78, 5) is 43.4. The number of aryl methyl sites for hydroxylation is 4. The lowest BCUT2D eigenvalue weighted by Crippen LogP contribution is -2.13. The lowest BCUT2D eigenvalue weighted by Gasteiger charge is -2.20. The number of unbranched alkanes of at least 4 members (excludes halogenated alkanes) is 34. The molecule has 2 unspecified atom stereocenters. The maximum absolute atomic E-state index is 15.4. The number of Topliss-reactive ketones (excluding diaryl/α,β-unsaturated/α-hetero) is 2. The summed E-state index contributed by atoms with van der Waals surface area (Å²) >= 11 is 12.3. The lowest BCUT2D eigenvalue weighted by atomic mass is 9.99. The van der Waals surface area contributed by atoms with Crippen molar-refractivity contribution < 1.29 is 27.2 Å². The molecule has 704 valence electrons. The summed E-state index contributed by atoms with van der Waals surface area (Å²) in [7, 11) is 0. The molecule has 0 saturated carbocycles. The Kier molecular flexibility index (Phi) is 37.2. The van der Waals surface area contributed by atoms with Gasteiger partial charge < -0.3 is 9.13 Å².